The van der Waals surface area contributed by atoms with Gasteiger partial charge < -0.3 is 9.88 Å². The van der Waals surface area contributed by atoms with Crippen molar-refractivity contribution in [1.29, 1.82) is 0 Å². The van der Waals surface area contributed by atoms with Crippen molar-refractivity contribution in [3.05, 3.63) is 60.2 Å². The molecule has 0 radical (unpaired) electrons. The Labute approximate surface area is 175 Å². The monoisotopic (exact) mass is 404 g/mol. The molecule has 0 aliphatic rings. The standard InChI is InChI=1S/C22H24N6S/c1-14(2)28-13-25-19-21(24-9-8-16-6-4-15(3)5-7-16)26-20(27-22(19)28)17-10-18(29)12-23-11-17/h4-7,10-14,29H,8-9H2,1-3H3,(H,24,26,27). The number of hydrogen-bond acceptors (Lipinski definition) is 6. The van der Waals surface area contributed by atoms with E-state index in [1.54, 1.807) is 12.4 Å². The van der Waals surface area contributed by atoms with Crippen LogP contribution in [0.5, 0.6) is 0 Å². The molecule has 0 atom stereocenters. The van der Waals surface area contributed by atoms with Crippen LogP contribution in [0.4, 0.5) is 5.82 Å². The van der Waals surface area contributed by atoms with Crippen LogP contribution < -0.4 is 5.32 Å². The molecule has 4 rings (SSSR count). The average Bonchev–Trinajstić information content (AvgIpc) is 3.14. The first kappa shape index (κ1) is 19.4. The largest absolute Gasteiger partial charge is 0.368 e. The van der Waals surface area contributed by atoms with E-state index in [2.05, 4.69) is 77.5 Å². The minimum atomic E-state index is 0.248. The number of hydrogen-bond donors (Lipinski definition) is 2. The smallest absolute Gasteiger partial charge is 0.166 e. The van der Waals surface area contributed by atoms with Crippen LogP contribution in [-0.2, 0) is 6.42 Å². The second kappa shape index (κ2) is 8.21. The number of aryl methyl sites for hydroxylation is 1. The van der Waals surface area contributed by atoms with Crippen molar-refractivity contribution in [2.75, 3.05) is 11.9 Å². The Kier molecular flexibility index (Phi) is 5.49. The number of fused-ring (bicyclic) bond motifs is 1. The van der Waals surface area contributed by atoms with Gasteiger partial charge in [0, 0.05) is 35.4 Å². The molecule has 148 valence electrons. The molecule has 1 aromatic carbocycles. The number of rotatable bonds is 6. The molecule has 29 heavy (non-hydrogen) atoms. The summed E-state index contributed by atoms with van der Waals surface area (Å²) in [5.41, 5.74) is 4.97. The summed E-state index contributed by atoms with van der Waals surface area (Å²) in [5.74, 6) is 1.35. The van der Waals surface area contributed by atoms with Crippen molar-refractivity contribution in [1.82, 2.24) is 24.5 Å². The summed E-state index contributed by atoms with van der Waals surface area (Å²) in [6.45, 7) is 7.08. The molecule has 0 saturated heterocycles. The van der Waals surface area contributed by atoms with E-state index in [1.807, 2.05) is 12.4 Å². The fourth-order valence-corrected chi connectivity index (χ4v) is 3.38. The number of aromatic nitrogens is 5. The Morgan fingerprint density at radius 1 is 1.10 bits per heavy atom. The van der Waals surface area contributed by atoms with Gasteiger partial charge in [-0.1, -0.05) is 29.8 Å². The minimum absolute atomic E-state index is 0.248. The second-order valence-electron chi connectivity index (χ2n) is 7.41. The van der Waals surface area contributed by atoms with Gasteiger partial charge in [-0.05, 0) is 38.8 Å². The van der Waals surface area contributed by atoms with Crippen LogP contribution >= 0.6 is 12.6 Å². The zero-order chi connectivity index (χ0) is 20.4. The lowest BCUT2D eigenvalue weighted by Gasteiger charge is -2.11. The normalized spacial score (nSPS) is 11.3. The predicted molar refractivity (Wildman–Crippen MR) is 120 cm³/mol. The van der Waals surface area contributed by atoms with Gasteiger partial charge in [-0.3, -0.25) is 4.98 Å². The maximum Gasteiger partial charge on any atom is 0.166 e. The lowest BCUT2D eigenvalue weighted by atomic mass is 10.1. The summed E-state index contributed by atoms with van der Waals surface area (Å²) in [5, 5.41) is 3.46. The molecule has 4 aromatic rings. The van der Waals surface area contributed by atoms with Gasteiger partial charge in [0.2, 0.25) is 0 Å². The number of anilines is 1. The number of nitrogens with zero attached hydrogens (tertiary/aromatic N) is 5. The highest BCUT2D eigenvalue weighted by Crippen LogP contribution is 2.26. The highest BCUT2D eigenvalue weighted by molar-refractivity contribution is 7.80. The van der Waals surface area contributed by atoms with Crippen molar-refractivity contribution in [3.63, 3.8) is 0 Å². The Morgan fingerprint density at radius 2 is 1.90 bits per heavy atom. The van der Waals surface area contributed by atoms with Gasteiger partial charge in [0.1, 0.15) is 5.52 Å². The van der Waals surface area contributed by atoms with Gasteiger partial charge in [0.25, 0.3) is 0 Å². The zero-order valence-corrected chi connectivity index (χ0v) is 17.7. The first-order valence-corrected chi connectivity index (χ1v) is 10.1. The summed E-state index contributed by atoms with van der Waals surface area (Å²) in [6, 6.07) is 10.8. The molecule has 3 aromatic heterocycles. The summed E-state index contributed by atoms with van der Waals surface area (Å²) >= 11 is 4.40. The summed E-state index contributed by atoms with van der Waals surface area (Å²) < 4.78 is 2.06. The number of benzene rings is 1. The Bertz CT molecular complexity index is 1130. The molecular formula is C22H24N6S. The molecule has 0 fully saturated rings. The molecule has 0 amide bonds. The van der Waals surface area contributed by atoms with Crippen LogP contribution in [0.15, 0.2) is 53.9 Å². The topological polar surface area (TPSA) is 68.5 Å². The van der Waals surface area contributed by atoms with E-state index >= 15 is 0 Å². The molecule has 0 aliphatic heterocycles. The van der Waals surface area contributed by atoms with E-state index in [-0.39, 0.29) is 6.04 Å². The lowest BCUT2D eigenvalue weighted by Crippen LogP contribution is -2.09. The maximum absolute atomic E-state index is 4.78. The SMILES string of the molecule is Cc1ccc(CCNc2nc(-c3cncc(S)c3)nc3c2ncn3C(C)C)cc1. The zero-order valence-electron chi connectivity index (χ0n) is 16.8. The van der Waals surface area contributed by atoms with E-state index in [1.165, 1.54) is 11.1 Å². The second-order valence-corrected chi connectivity index (χ2v) is 7.92. The maximum atomic E-state index is 4.78. The molecular weight excluding hydrogens is 380 g/mol. The number of pyridine rings is 1. The molecule has 0 bridgehead atoms. The van der Waals surface area contributed by atoms with Gasteiger partial charge >= 0.3 is 0 Å². The van der Waals surface area contributed by atoms with Crippen LogP contribution in [0.2, 0.25) is 0 Å². The highest BCUT2D eigenvalue weighted by Gasteiger charge is 2.16. The van der Waals surface area contributed by atoms with Crippen LogP contribution in [0.3, 0.4) is 0 Å². The quantitative estimate of drug-likeness (QED) is 0.455. The van der Waals surface area contributed by atoms with Crippen molar-refractivity contribution < 1.29 is 0 Å². The third-order valence-corrected chi connectivity index (χ3v) is 5.03. The van der Waals surface area contributed by atoms with E-state index < -0.39 is 0 Å². The molecule has 0 saturated carbocycles. The number of imidazole rings is 1. The van der Waals surface area contributed by atoms with E-state index in [0.29, 0.717) is 5.82 Å². The Morgan fingerprint density at radius 3 is 2.62 bits per heavy atom. The van der Waals surface area contributed by atoms with Crippen molar-refractivity contribution in [2.45, 2.75) is 38.1 Å². The first-order chi connectivity index (χ1) is 14.0. The predicted octanol–water partition coefficient (Wildman–Crippen LogP) is 4.72. The van der Waals surface area contributed by atoms with Gasteiger partial charge in [-0.15, -0.1) is 12.6 Å². The van der Waals surface area contributed by atoms with Gasteiger partial charge in [0.15, 0.2) is 17.3 Å². The van der Waals surface area contributed by atoms with Crippen LogP contribution in [-0.4, -0.2) is 31.0 Å². The van der Waals surface area contributed by atoms with Crippen LogP contribution in [0.1, 0.15) is 31.0 Å². The van der Waals surface area contributed by atoms with Crippen molar-refractivity contribution in [2.24, 2.45) is 0 Å². The Hall–Kier alpha value is -2.93. The molecule has 7 heteroatoms. The van der Waals surface area contributed by atoms with Crippen LogP contribution in [0.25, 0.3) is 22.6 Å². The molecule has 0 unspecified atom stereocenters. The third-order valence-electron chi connectivity index (χ3n) is 4.79. The van der Waals surface area contributed by atoms with Gasteiger partial charge in [-0.2, -0.15) is 0 Å². The molecule has 1 N–H and O–H groups in total. The van der Waals surface area contributed by atoms with Crippen LogP contribution in [0, 0.1) is 6.92 Å². The van der Waals surface area contributed by atoms with E-state index in [4.69, 9.17) is 9.97 Å². The molecule has 3 heterocycles. The summed E-state index contributed by atoms with van der Waals surface area (Å²) in [6.07, 6.45) is 6.18. The number of nitrogens with one attached hydrogen (secondary N) is 1. The minimum Gasteiger partial charge on any atom is -0.368 e. The lowest BCUT2D eigenvalue weighted by molar-refractivity contribution is 0.613. The molecule has 0 aliphatic carbocycles. The first-order valence-electron chi connectivity index (χ1n) is 9.69. The Balaban J connectivity index is 1.68. The van der Waals surface area contributed by atoms with E-state index in [9.17, 15) is 0 Å². The van der Waals surface area contributed by atoms with Crippen molar-refractivity contribution >= 4 is 29.6 Å². The molecule has 6 nitrogen and oxygen atoms in total. The van der Waals surface area contributed by atoms with Gasteiger partial charge in [-0.25, -0.2) is 15.0 Å². The number of thiol groups is 1. The molecule has 0 spiro atoms. The van der Waals surface area contributed by atoms with E-state index in [0.717, 1.165) is 40.4 Å². The third kappa shape index (κ3) is 4.24. The fraction of sp³-hybridized carbons (Fsp3) is 0.273. The summed E-state index contributed by atoms with van der Waals surface area (Å²) in [7, 11) is 0. The van der Waals surface area contributed by atoms with Crippen molar-refractivity contribution in [3.8, 4) is 11.4 Å². The fourth-order valence-electron chi connectivity index (χ4n) is 3.18. The highest BCUT2D eigenvalue weighted by atomic mass is 32.1. The average molecular weight is 405 g/mol. The van der Waals surface area contributed by atoms with Gasteiger partial charge in [0.05, 0.1) is 6.33 Å². The summed E-state index contributed by atoms with van der Waals surface area (Å²) in [4.78, 5) is 19.1.